The number of benzene rings is 1. The summed E-state index contributed by atoms with van der Waals surface area (Å²) in [5, 5.41) is 0. The molecule has 22 heavy (non-hydrogen) atoms. The van der Waals surface area contributed by atoms with E-state index in [1.165, 1.54) is 7.11 Å². The van der Waals surface area contributed by atoms with E-state index in [2.05, 4.69) is 36.6 Å². The maximum Gasteiger partial charge on any atom is 0.250 e. The Balaban J connectivity index is 2.15. The van der Waals surface area contributed by atoms with Gasteiger partial charge >= 0.3 is 0 Å². The van der Waals surface area contributed by atoms with Gasteiger partial charge in [-0.3, -0.25) is 0 Å². The Bertz CT molecular complexity index is 755. The van der Waals surface area contributed by atoms with Crippen molar-refractivity contribution in [2.75, 3.05) is 14.2 Å². The smallest absolute Gasteiger partial charge is 0.250 e. The molecule has 0 saturated heterocycles. The number of sulfonamides is 1. The molecular formula is C13H13Br2NO4S2. The van der Waals surface area contributed by atoms with Gasteiger partial charge in [-0.25, -0.2) is 13.1 Å². The molecule has 0 saturated carbocycles. The summed E-state index contributed by atoms with van der Waals surface area (Å²) in [6.45, 7) is 0.163. The van der Waals surface area contributed by atoms with E-state index >= 15 is 0 Å². The molecule has 9 heteroatoms. The average molecular weight is 471 g/mol. The molecule has 1 heterocycles. The molecule has 0 aliphatic carbocycles. The Kier molecular flexibility index (Phi) is 5.89. The van der Waals surface area contributed by atoms with Crippen molar-refractivity contribution in [1.82, 2.24) is 4.72 Å². The van der Waals surface area contributed by atoms with Crippen molar-refractivity contribution in [2.45, 2.75) is 10.8 Å². The van der Waals surface area contributed by atoms with Crippen molar-refractivity contribution < 1.29 is 17.9 Å². The Hall–Kier alpha value is -0.610. The third kappa shape index (κ3) is 4.02. The highest BCUT2D eigenvalue weighted by molar-refractivity contribution is 9.13. The first-order valence-corrected chi connectivity index (χ1v) is 9.91. The Morgan fingerprint density at radius 3 is 2.36 bits per heavy atom. The highest BCUT2D eigenvalue weighted by Crippen LogP contribution is 2.35. The summed E-state index contributed by atoms with van der Waals surface area (Å²) in [7, 11) is -0.476. The topological polar surface area (TPSA) is 64.6 Å². The first-order chi connectivity index (χ1) is 10.4. The first-order valence-electron chi connectivity index (χ1n) is 6.03. The number of hydrogen-bond acceptors (Lipinski definition) is 5. The molecule has 1 aromatic heterocycles. The van der Waals surface area contributed by atoms with Gasteiger partial charge in [0.25, 0.3) is 0 Å². The van der Waals surface area contributed by atoms with Gasteiger partial charge in [-0.15, -0.1) is 11.3 Å². The quantitative estimate of drug-likeness (QED) is 0.697. The molecule has 0 atom stereocenters. The molecule has 0 aliphatic rings. The highest BCUT2D eigenvalue weighted by Gasteiger charge is 2.18. The fourth-order valence-corrected chi connectivity index (χ4v) is 5.58. The molecule has 0 amide bonds. The van der Waals surface area contributed by atoms with Crippen LogP contribution in [0.5, 0.6) is 11.5 Å². The van der Waals surface area contributed by atoms with E-state index in [1.807, 2.05) is 0 Å². The Morgan fingerprint density at radius 1 is 1.14 bits per heavy atom. The van der Waals surface area contributed by atoms with Crippen molar-refractivity contribution in [1.29, 1.82) is 0 Å². The number of rotatable bonds is 6. The SMILES string of the molecule is COc1ccc(CNS(=O)(=O)c2cc(Br)c(Br)s2)cc1OC. The predicted octanol–water partition coefficient (Wildman–Crippen LogP) is 3.77. The third-order valence-corrected chi connectivity index (χ3v) is 7.93. The molecule has 2 aromatic rings. The zero-order chi connectivity index (χ0) is 16.3. The second kappa shape index (κ2) is 7.31. The van der Waals surface area contributed by atoms with Crippen LogP contribution in [0.1, 0.15) is 5.56 Å². The van der Waals surface area contributed by atoms with Crippen LogP contribution in [0.4, 0.5) is 0 Å². The standard InChI is InChI=1S/C13H13Br2NO4S2/c1-19-10-4-3-8(5-11(10)20-2)7-16-22(17,18)12-6-9(14)13(15)21-12/h3-6,16H,7H2,1-2H3. The molecule has 2 rings (SSSR count). The van der Waals surface area contributed by atoms with E-state index in [4.69, 9.17) is 9.47 Å². The molecule has 120 valence electrons. The minimum atomic E-state index is -3.56. The molecule has 0 radical (unpaired) electrons. The maximum atomic E-state index is 12.3. The van der Waals surface area contributed by atoms with Gasteiger partial charge < -0.3 is 9.47 Å². The molecule has 0 unspecified atom stereocenters. The fourth-order valence-electron chi connectivity index (χ4n) is 1.70. The van der Waals surface area contributed by atoms with Gasteiger partial charge in [0.15, 0.2) is 11.5 Å². The lowest BCUT2D eigenvalue weighted by molar-refractivity contribution is 0.354. The van der Waals surface area contributed by atoms with Crippen molar-refractivity contribution in [3.63, 3.8) is 0 Å². The second-order valence-electron chi connectivity index (χ2n) is 4.20. The molecule has 5 nitrogen and oxygen atoms in total. The molecule has 0 fully saturated rings. The zero-order valence-electron chi connectivity index (χ0n) is 11.7. The highest BCUT2D eigenvalue weighted by atomic mass is 79.9. The van der Waals surface area contributed by atoms with E-state index in [0.29, 0.717) is 16.0 Å². The van der Waals surface area contributed by atoms with E-state index in [1.54, 1.807) is 31.4 Å². The van der Waals surface area contributed by atoms with Gasteiger partial charge in [0.2, 0.25) is 10.0 Å². The lowest BCUT2D eigenvalue weighted by Crippen LogP contribution is -2.22. The number of thiophene rings is 1. The lowest BCUT2D eigenvalue weighted by atomic mass is 10.2. The van der Waals surface area contributed by atoms with Gasteiger partial charge in [0.1, 0.15) is 4.21 Å². The van der Waals surface area contributed by atoms with Gasteiger partial charge in [-0.2, -0.15) is 0 Å². The number of hydrogen-bond donors (Lipinski definition) is 1. The molecular weight excluding hydrogens is 458 g/mol. The summed E-state index contributed by atoms with van der Waals surface area (Å²) >= 11 is 7.71. The van der Waals surface area contributed by atoms with Crippen LogP contribution >= 0.6 is 43.2 Å². The van der Waals surface area contributed by atoms with Crippen LogP contribution in [0.15, 0.2) is 36.7 Å². The number of methoxy groups -OCH3 is 2. The van der Waals surface area contributed by atoms with Crippen LogP contribution in [-0.2, 0) is 16.6 Å². The van der Waals surface area contributed by atoms with Crippen molar-refractivity contribution >= 4 is 53.2 Å². The molecule has 1 N–H and O–H groups in total. The average Bonchev–Trinajstić information content (AvgIpc) is 2.85. The summed E-state index contributed by atoms with van der Waals surface area (Å²) < 4.78 is 39.1. The molecule has 0 aliphatic heterocycles. The Labute approximate surface area is 149 Å². The summed E-state index contributed by atoms with van der Waals surface area (Å²) in [6, 6.07) is 6.82. The molecule has 1 aromatic carbocycles. The summed E-state index contributed by atoms with van der Waals surface area (Å²) in [5.41, 5.74) is 0.774. The number of ether oxygens (including phenoxy) is 2. The van der Waals surface area contributed by atoms with Crippen LogP contribution in [0.25, 0.3) is 0 Å². The third-order valence-electron chi connectivity index (χ3n) is 2.80. The van der Waals surface area contributed by atoms with Crippen LogP contribution in [-0.4, -0.2) is 22.6 Å². The van der Waals surface area contributed by atoms with Crippen molar-refractivity contribution in [2.24, 2.45) is 0 Å². The van der Waals surface area contributed by atoms with Gasteiger partial charge in [-0.05, 0) is 55.6 Å². The van der Waals surface area contributed by atoms with E-state index in [-0.39, 0.29) is 10.8 Å². The van der Waals surface area contributed by atoms with Crippen molar-refractivity contribution in [3.8, 4) is 11.5 Å². The summed E-state index contributed by atoms with van der Waals surface area (Å²) in [5.74, 6) is 1.15. The largest absolute Gasteiger partial charge is 0.493 e. The van der Waals surface area contributed by atoms with Gasteiger partial charge in [-0.1, -0.05) is 6.07 Å². The van der Waals surface area contributed by atoms with Crippen LogP contribution in [0, 0.1) is 0 Å². The number of halogens is 2. The first kappa shape index (κ1) is 17.7. The van der Waals surface area contributed by atoms with Crippen LogP contribution in [0.2, 0.25) is 0 Å². The predicted molar refractivity (Wildman–Crippen MR) is 93.3 cm³/mol. The van der Waals surface area contributed by atoms with Gasteiger partial charge in [0.05, 0.1) is 18.0 Å². The Morgan fingerprint density at radius 2 is 1.82 bits per heavy atom. The number of nitrogens with one attached hydrogen (secondary N) is 1. The van der Waals surface area contributed by atoms with Crippen LogP contribution < -0.4 is 14.2 Å². The van der Waals surface area contributed by atoms with Crippen LogP contribution in [0.3, 0.4) is 0 Å². The fraction of sp³-hybridized carbons (Fsp3) is 0.231. The van der Waals surface area contributed by atoms with E-state index < -0.39 is 10.0 Å². The lowest BCUT2D eigenvalue weighted by Gasteiger charge is -2.10. The summed E-state index contributed by atoms with van der Waals surface area (Å²) in [6.07, 6.45) is 0. The van der Waals surface area contributed by atoms with E-state index in [0.717, 1.165) is 20.7 Å². The molecule has 0 spiro atoms. The van der Waals surface area contributed by atoms with Gasteiger partial charge in [0, 0.05) is 11.0 Å². The van der Waals surface area contributed by atoms with E-state index in [9.17, 15) is 8.42 Å². The molecule has 0 bridgehead atoms. The maximum absolute atomic E-state index is 12.3. The summed E-state index contributed by atoms with van der Waals surface area (Å²) in [4.78, 5) is 0. The normalized spacial score (nSPS) is 11.5. The minimum absolute atomic E-state index is 0.163. The monoisotopic (exact) mass is 469 g/mol. The van der Waals surface area contributed by atoms with Crippen molar-refractivity contribution in [3.05, 3.63) is 38.1 Å². The second-order valence-corrected chi connectivity index (χ2v) is 9.42. The minimum Gasteiger partial charge on any atom is -0.493 e. The zero-order valence-corrected chi connectivity index (χ0v) is 16.5.